The van der Waals surface area contributed by atoms with E-state index in [0.717, 1.165) is 37.4 Å². The molecule has 2 aromatic rings. The lowest BCUT2D eigenvalue weighted by atomic mass is 9.99. The van der Waals surface area contributed by atoms with E-state index in [1.54, 1.807) is 24.8 Å². The number of ether oxygens (including phenoxy) is 1. The highest BCUT2D eigenvalue weighted by molar-refractivity contribution is 5.36. The molecular weight excluding hydrogens is 266 g/mol. The molecule has 6 heteroatoms. The van der Waals surface area contributed by atoms with E-state index in [9.17, 15) is 0 Å². The number of nitrogens with zero attached hydrogens (tertiary/aromatic N) is 5. The van der Waals surface area contributed by atoms with Gasteiger partial charge in [-0.3, -0.25) is 9.97 Å². The van der Waals surface area contributed by atoms with Crippen molar-refractivity contribution in [3.8, 4) is 5.88 Å². The maximum atomic E-state index is 5.72. The zero-order valence-electron chi connectivity index (χ0n) is 12.1. The maximum absolute atomic E-state index is 5.72. The van der Waals surface area contributed by atoms with Crippen LogP contribution in [0.4, 0.5) is 5.82 Å². The quantitative estimate of drug-likeness (QED) is 0.854. The highest BCUT2D eigenvalue weighted by Gasteiger charge is 2.22. The lowest BCUT2D eigenvalue weighted by Gasteiger charge is -2.33. The van der Waals surface area contributed by atoms with Crippen molar-refractivity contribution in [2.45, 2.75) is 19.8 Å². The molecule has 0 amide bonds. The second-order valence-corrected chi connectivity index (χ2v) is 5.33. The molecule has 2 aromatic heterocycles. The predicted octanol–water partition coefficient (Wildman–Crippen LogP) is 1.87. The zero-order valence-corrected chi connectivity index (χ0v) is 12.1. The van der Waals surface area contributed by atoms with Gasteiger partial charge in [-0.15, -0.1) is 0 Å². The number of hydrogen-bond acceptors (Lipinski definition) is 6. The van der Waals surface area contributed by atoms with Crippen molar-refractivity contribution in [1.82, 2.24) is 19.9 Å². The molecule has 1 atom stereocenters. The summed E-state index contributed by atoms with van der Waals surface area (Å²) in [5.74, 6) is 2.02. The summed E-state index contributed by atoms with van der Waals surface area (Å²) >= 11 is 0. The van der Waals surface area contributed by atoms with E-state index in [0.29, 0.717) is 18.4 Å². The van der Waals surface area contributed by atoms with Crippen molar-refractivity contribution in [3.63, 3.8) is 0 Å². The van der Waals surface area contributed by atoms with Crippen molar-refractivity contribution in [1.29, 1.82) is 0 Å². The van der Waals surface area contributed by atoms with Gasteiger partial charge in [0, 0.05) is 37.6 Å². The molecule has 1 aliphatic rings. The van der Waals surface area contributed by atoms with E-state index in [4.69, 9.17) is 4.74 Å². The molecule has 1 aliphatic heterocycles. The molecule has 0 aromatic carbocycles. The van der Waals surface area contributed by atoms with Crippen molar-refractivity contribution >= 4 is 5.82 Å². The summed E-state index contributed by atoms with van der Waals surface area (Å²) in [4.78, 5) is 19.2. The molecule has 0 radical (unpaired) electrons. The fourth-order valence-corrected chi connectivity index (χ4v) is 2.57. The van der Waals surface area contributed by atoms with Gasteiger partial charge in [-0.05, 0) is 19.8 Å². The normalized spacial score (nSPS) is 18.5. The van der Waals surface area contributed by atoms with Gasteiger partial charge in [-0.1, -0.05) is 0 Å². The molecule has 1 saturated heterocycles. The van der Waals surface area contributed by atoms with Crippen molar-refractivity contribution in [2.75, 3.05) is 24.6 Å². The maximum Gasteiger partial charge on any atom is 0.232 e. The fraction of sp³-hybridized carbons (Fsp3) is 0.467. The average molecular weight is 285 g/mol. The van der Waals surface area contributed by atoms with E-state index < -0.39 is 0 Å². The number of anilines is 1. The summed E-state index contributed by atoms with van der Waals surface area (Å²) in [6, 6.07) is 0. The molecule has 3 rings (SSSR count). The largest absolute Gasteiger partial charge is 0.476 e. The van der Waals surface area contributed by atoms with Gasteiger partial charge < -0.3 is 9.64 Å². The lowest BCUT2D eigenvalue weighted by molar-refractivity contribution is 0.220. The van der Waals surface area contributed by atoms with Gasteiger partial charge >= 0.3 is 0 Å². The van der Waals surface area contributed by atoms with E-state index >= 15 is 0 Å². The second kappa shape index (κ2) is 6.47. The van der Waals surface area contributed by atoms with Crippen LogP contribution in [0.1, 0.15) is 18.5 Å². The zero-order chi connectivity index (χ0) is 14.5. The van der Waals surface area contributed by atoms with Gasteiger partial charge in [0.1, 0.15) is 5.82 Å². The second-order valence-electron chi connectivity index (χ2n) is 5.33. The average Bonchev–Trinajstić information content (AvgIpc) is 2.54. The van der Waals surface area contributed by atoms with Crippen LogP contribution >= 0.6 is 0 Å². The van der Waals surface area contributed by atoms with Gasteiger partial charge in [0.05, 0.1) is 24.7 Å². The highest BCUT2D eigenvalue weighted by atomic mass is 16.5. The van der Waals surface area contributed by atoms with Crippen molar-refractivity contribution in [2.24, 2.45) is 5.92 Å². The topological polar surface area (TPSA) is 64.0 Å². The third-order valence-corrected chi connectivity index (χ3v) is 3.59. The standard InChI is InChI=1S/C15H19N5O/c1-12-7-17-8-14(19-12)20-6-2-3-13(10-20)11-21-15-9-16-4-5-18-15/h4-5,7-9,13H,2-3,6,10-11H2,1H3. The fourth-order valence-electron chi connectivity index (χ4n) is 2.57. The van der Waals surface area contributed by atoms with Crippen LogP contribution in [0, 0.1) is 12.8 Å². The van der Waals surface area contributed by atoms with Gasteiger partial charge in [-0.25, -0.2) is 9.97 Å². The Balaban J connectivity index is 1.58. The molecule has 110 valence electrons. The molecule has 0 spiro atoms. The Hall–Kier alpha value is -2.24. The van der Waals surface area contributed by atoms with Gasteiger partial charge in [0.2, 0.25) is 5.88 Å². The van der Waals surface area contributed by atoms with Crippen molar-refractivity contribution in [3.05, 3.63) is 36.7 Å². The van der Waals surface area contributed by atoms with Crippen LogP contribution in [0.15, 0.2) is 31.0 Å². The Morgan fingerprint density at radius 3 is 3.00 bits per heavy atom. The summed E-state index contributed by atoms with van der Waals surface area (Å²) in [6.45, 7) is 4.60. The van der Waals surface area contributed by atoms with Crippen LogP contribution in [-0.2, 0) is 0 Å². The summed E-state index contributed by atoms with van der Waals surface area (Å²) < 4.78 is 5.72. The first kappa shape index (κ1) is 13.7. The number of rotatable bonds is 4. The van der Waals surface area contributed by atoms with Crippen LogP contribution in [0.5, 0.6) is 5.88 Å². The summed E-state index contributed by atoms with van der Waals surface area (Å²) in [5.41, 5.74) is 0.949. The SMILES string of the molecule is Cc1cncc(N2CCCC(COc3cnccn3)C2)n1. The van der Waals surface area contributed by atoms with Gasteiger partial charge in [-0.2, -0.15) is 0 Å². The Morgan fingerprint density at radius 1 is 1.24 bits per heavy atom. The van der Waals surface area contributed by atoms with Crippen LogP contribution in [0.3, 0.4) is 0 Å². The van der Waals surface area contributed by atoms with Crippen molar-refractivity contribution < 1.29 is 4.74 Å². The first-order chi connectivity index (χ1) is 10.3. The minimum absolute atomic E-state index is 0.475. The Bertz CT molecular complexity index is 577. The van der Waals surface area contributed by atoms with Gasteiger partial charge in [0.25, 0.3) is 0 Å². The third kappa shape index (κ3) is 3.65. The molecule has 0 saturated carbocycles. The predicted molar refractivity (Wildman–Crippen MR) is 79.2 cm³/mol. The smallest absolute Gasteiger partial charge is 0.232 e. The number of piperidine rings is 1. The first-order valence-corrected chi connectivity index (χ1v) is 7.23. The number of aryl methyl sites for hydroxylation is 1. The van der Waals surface area contributed by atoms with Crippen LogP contribution in [0.25, 0.3) is 0 Å². The molecule has 6 nitrogen and oxygen atoms in total. The van der Waals surface area contributed by atoms with E-state index in [1.165, 1.54) is 0 Å². The van der Waals surface area contributed by atoms with E-state index in [1.807, 2.05) is 13.1 Å². The Labute approximate surface area is 124 Å². The number of aromatic nitrogens is 4. The van der Waals surface area contributed by atoms with E-state index in [-0.39, 0.29) is 0 Å². The summed E-state index contributed by atoms with van der Waals surface area (Å²) in [5, 5.41) is 0. The molecule has 0 aliphatic carbocycles. The minimum Gasteiger partial charge on any atom is -0.476 e. The molecule has 1 fully saturated rings. The Morgan fingerprint density at radius 2 is 2.19 bits per heavy atom. The molecular formula is C15H19N5O. The minimum atomic E-state index is 0.475. The van der Waals surface area contributed by atoms with E-state index in [2.05, 4.69) is 24.8 Å². The highest BCUT2D eigenvalue weighted by Crippen LogP contribution is 2.21. The van der Waals surface area contributed by atoms with Crippen LogP contribution in [0.2, 0.25) is 0 Å². The molecule has 21 heavy (non-hydrogen) atoms. The van der Waals surface area contributed by atoms with Gasteiger partial charge in [0.15, 0.2) is 0 Å². The lowest BCUT2D eigenvalue weighted by Crippen LogP contribution is -2.38. The molecule has 3 heterocycles. The first-order valence-electron chi connectivity index (χ1n) is 7.23. The monoisotopic (exact) mass is 285 g/mol. The molecule has 0 bridgehead atoms. The molecule has 1 unspecified atom stereocenters. The van der Waals surface area contributed by atoms with Crippen LogP contribution in [-0.4, -0.2) is 39.6 Å². The third-order valence-electron chi connectivity index (χ3n) is 3.59. The summed E-state index contributed by atoms with van der Waals surface area (Å²) in [6.07, 6.45) is 10.9. The molecule has 0 N–H and O–H groups in total. The van der Waals surface area contributed by atoms with Crippen LogP contribution < -0.4 is 9.64 Å². The summed E-state index contributed by atoms with van der Waals surface area (Å²) in [7, 11) is 0. The number of hydrogen-bond donors (Lipinski definition) is 0. The Kier molecular flexibility index (Phi) is 4.23.